The molecule has 3 heteroatoms. The van der Waals surface area contributed by atoms with Gasteiger partial charge < -0.3 is 5.73 Å². The standard InChI is InChI=1S/C18H22BrNS/c1-12-6-13(2)8-15(7-12)11-21-18-5-4-17(19)10-16(18)9-14(3)20/h4-8,10,14H,9,11,20H2,1-3H3. The number of benzene rings is 2. The first-order chi connectivity index (χ1) is 9.94. The molecule has 0 aliphatic carbocycles. The van der Waals surface area contributed by atoms with E-state index in [2.05, 4.69) is 73.1 Å². The van der Waals surface area contributed by atoms with Gasteiger partial charge in [0, 0.05) is 21.2 Å². The van der Waals surface area contributed by atoms with Crippen molar-refractivity contribution in [2.45, 2.75) is 43.9 Å². The summed E-state index contributed by atoms with van der Waals surface area (Å²) in [6.45, 7) is 6.37. The van der Waals surface area contributed by atoms with E-state index in [1.165, 1.54) is 27.1 Å². The van der Waals surface area contributed by atoms with Crippen molar-refractivity contribution in [2.75, 3.05) is 0 Å². The summed E-state index contributed by atoms with van der Waals surface area (Å²) in [6.07, 6.45) is 0.911. The van der Waals surface area contributed by atoms with E-state index in [1.54, 1.807) is 0 Å². The molecule has 0 bridgehead atoms. The van der Waals surface area contributed by atoms with Crippen LogP contribution in [0.5, 0.6) is 0 Å². The summed E-state index contributed by atoms with van der Waals surface area (Å²) in [7, 11) is 0. The molecule has 0 amide bonds. The molecule has 0 aromatic heterocycles. The lowest BCUT2D eigenvalue weighted by atomic mass is 10.1. The molecule has 0 fully saturated rings. The first-order valence-electron chi connectivity index (χ1n) is 7.18. The van der Waals surface area contributed by atoms with Gasteiger partial charge in [0.15, 0.2) is 0 Å². The molecule has 1 unspecified atom stereocenters. The first kappa shape index (κ1) is 16.6. The third-order valence-corrected chi connectivity index (χ3v) is 4.92. The predicted molar refractivity (Wildman–Crippen MR) is 97.0 cm³/mol. The highest BCUT2D eigenvalue weighted by atomic mass is 79.9. The summed E-state index contributed by atoms with van der Waals surface area (Å²) >= 11 is 5.44. The number of hydrogen-bond donors (Lipinski definition) is 1. The van der Waals surface area contributed by atoms with Gasteiger partial charge in [0.25, 0.3) is 0 Å². The number of rotatable bonds is 5. The van der Waals surface area contributed by atoms with Crippen LogP contribution in [0.25, 0.3) is 0 Å². The minimum Gasteiger partial charge on any atom is -0.328 e. The van der Waals surface area contributed by atoms with E-state index in [9.17, 15) is 0 Å². The number of hydrogen-bond acceptors (Lipinski definition) is 2. The van der Waals surface area contributed by atoms with Crippen molar-refractivity contribution < 1.29 is 0 Å². The molecule has 0 spiro atoms. The van der Waals surface area contributed by atoms with Gasteiger partial charge in [-0.2, -0.15) is 0 Å². The van der Waals surface area contributed by atoms with Gasteiger partial charge in [0.1, 0.15) is 0 Å². The fraction of sp³-hybridized carbons (Fsp3) is 0.333. The Hall–Kier alpha value is -0.770. The van der Waals surface area contributed by atoms with E-state index in [0.717, 1.165) is 16.6 Å². The zero-order valence-corrected chi connectivity index (χ0v) is 15.2. The van der Waals surface area contributed by atoms with Crippen LogP contribution in [0.15, 0.2) is 45.8 Å². The summed E-state index contributed by atoms with van der Waals surface area (Å²) in [5.41, 5.74) is 11.3. The number of aryl methyl sites for hydroxylation is 2. The smallest absolute Gasteiger partial charge is 0.0232 e. The average Bonchev–Trinajstić information content (AvgIpc) is 2.36. The van der Waals surface area contributed by atoms with Gasteiger partial charge in [-0.05, 0) is 56.5 Å². The van der Waals surface area contributed by atoms with E-state index in [4.69, 9.17) is 5.73 Å². The van der Waals surface area contributed by atoms with Crippen LogP contribution in [0.3, 0.4) is 0 Å². The van der Waals surface area contributed by atoms with E-state index in [-0.39, 0.29) is 6.04 Å². The molecule has 2 rings (SSSR count). The predicted octanol–water partition coefficient (Wildman–Crippen LogP) is 5.25. The summed E-state index contributed by atoms with van der Waals surface area (Å²) in [5.74, 6) is 0.996. The fourth-order valence-corrected chi connectivity index (χ4v) is 3.90. The van der Waals surface area contributed by atoms with Gasteiger partial charge >= 0.3 is 0 Å². The molecule has 0 saturated heterocycles. The van der Waals surface area contributed by atoms with Crippen molar-refractivity contribution in [2.24, 2.45) is 5.73 Å². The van der Waals surface area contributed by atoms with Crippen molar-refractivity contribution in [3.05, 3.63) is 63.1 Å². The number of halogens is 1. The monoisotopic (exact) mass is 363 g/mol. The Morgan fingerprint density at radius 2 is 1.76 bits per heavy atom. The summed E-state index contributed by atoms with van der Waals surface area (Å²) in [5, 5.41) is 0. The molecular formula is C18H22BrNS. The Morgan fingerprint density at radius 3 is 2.38 bits per heavy atom. The second-order valence-corrected chi connectivity index (χ2v) is 7.65. The highest BCUT2D eigenvalue weighted by Crippen LogP contribution is 2.30. The minimum atomic E-state index is 0.180. The molecule has 0 aliphatic rings. The lowest BCUT2D eigenvalue weighted by molar-refractivity contribution is 0.729. The topological polar surface area (TPSA) is 26.0 Å². The summed E-state index contributed by atoms with van der Waals surface area (Å²) in [6, 6.07) is 13.4. The van der Waals surface area contributed by atoms with Crippen molar-refractivity contribution in [3.63, 3.8) is 0 Å². The third kappa shape index (κ3) is 5.17. The summed E-state index contributed by atoms with van der Waals surface area (Å²) in [4.78, 5) is 1.33. The maximum Gasteiger partial charge on any atom is 0.0232 e. The highest BCUT2D eigenvalue weighted by Gasteiger charge is 2.07. The zero-order chi connectivity index (χ0) is 15.4. The summed E-state index contributed by atoms with van der Waals surface area (Å²) < 4.78 is 1.12. The molecule has 2 aromatic rings. The highest BCUT2D eigenvalue weighted by molar-refractivity contribution is 9.10. The Balaban J connectivity index is 2.15. The van der Waals surface area contributed by atoms with Crippen LogP contribution in [-0.4, -0.2) is 6.04 Å². The van der Waals surface area contributed by atoms with Gasteiger partial charge in [-0.1, -0.05) is 45.3 Å². The Kier molecular flexibility index (Phi) is 5.91. The normalized spacial score (nSPS) is 12.4. The van der Waals surface area contributed by atoms with Crippen LogP contribution in [0.1, 0.15) is 29.2 Å². The van der Waals surface area contributed by atoms with Crippen molar-refractivity contribution >= 4 is 27.7 Å². The lowest BCUT2D eigenvalue weighted by Gasteiger charge is -2.12. The van der Waals surface area contributed by atoms with E-state index >= 15 is 0 Å². The van der Waals surface area contributed by atoms with Crippen LogP contribution >= 0.6 is 27.7 Å². The molecule has 0 saturated carbocycles. The molecule has 2 N–H and O–H groups in total. The van der Waals surface area contributed by atoms with Gasteiger partial charge in [-0.3, -0.25) is 0 Å². The third-order valence-electron chi connectivity index (χ3n) is 3.24. The van der Waals surface area contributed by atoms with Crippen LogP contribution in [0.4, 0.5) is 0 Å². The molecule has 2 aromatic carbocycles. The van der Waals surface area contributed by atoms with Gasteiger partial charge in [-0.25, -0.2) is 0 Å². The maximum absolute atomic E-state index is 5.97. The van der Waals surface area contributed by atoms with Crippen LogP contribution in [-0.2, 0) is 12.2 Å². The molecule has 1 atom stereocenters. The molecule has 0 heterocycles. The van der Waals surface area contributed by atoms with Crippen molar-refractivity contribution in [1.82, 2.24) is 0 Å². The Bertz CT molecular complexity index is 602. The first-order valence-corrected chi connectivity index (χ1v) is 8.96. The second-order valence-electron chi connectivity index (χ2n) is 5.72. The second kappa shape index (κ2) is 7.48. The molecule has 0 aliphatic heterocycles. The Morgan fingerprint density at radius 1 is 1.10 bits per heavy atom. The fourth-order valence-electron chi connectivity index (χ4n) is 2.51. The molecule has 112 valence electrons. The Labute approximate surface area is 140 Å². The van der Waals surface area contributed by atoms with Crippen LogP contribution < -0.4 is 5.73 Å². The lowest BCUT2D eigenvalue weighted by Crippen LogP contribution is -2.18. The average molecular weight is 364 g/mol. The molecule has 1 nitrogen and oxygen atoms in total. The van der Waals surface area contributed by atoms with E-state index < -0.39 is 0 Å². The van der Waals surface area contributed by atoms with Crippen molar-refractivity contribution in [3.8, 4) is 0 Å². The van der Waals surface area contributed by atoms with Gasteiger partial charge in [-0.15, -0.1) is 11.8 Å². The largest absolute Gasteiger partial charge is 0.328 e. The minimum absolute atomic E-state index is 0.180. The molecule has 21 heavy (non-hydrogen) atoms. The maximum atomic E-state index is 5.97. The number of nitrogens with two attached hydrogens (primary N) is 1. The molecular weight excluding hydrogens is 342 g/mol. The van der Waals surface area contributed by atoms with Gasteiger partial charge in [0.05, 0.1) is 0 Å². The van der Waals surface area contributed by atoms with E-state index in [1.807, 2.05) is 11.8 Å². The quantitative estimate of drug-likeness (QED) is 0.734. The van der Waals surface area contributed by atoms with Crippen LogP contribution in [0, 0.1) is 13.8 Å². The van der Waals surface area contributed by atoms with Gasteiger partial charge in [0.2, 0.25) is 0 Å². The number of thioether (sulfide) groups is 1. The molecule has 0 radical (unpaired) electrons. The van der Waals surface area contributed by atoms with Crippen LogP contribution in [0.2, 0.25) is 0 Å². The SMILES string of the molecule is Cc1cc(C)cc(CSc2ccc(Br)cc2CC(C)N)c1. The van der Waals surface area contributed by atoms with Crippen molar-refractivity contribution in [1.29, 1.82) is 0 Å². The van der Waals surface area contributed by atoms with E-state index in [0.29, 0.717) is 0 Å². The zero-order valence-electron chi connectivity index (χ0n) is 12.8.